The Labute approximate surface area is 147 Å². The maximum atomic E-state index is 12.1. The fraction of sp³-hybridized carbons (Fsp3) is 0.250. The smallest absolute Gasteiger partial charge is 0.220 e. The summed E-state index contributed by atoms with van der Waals surface area (Å²) in [5.41, 5.74) is 3.43. The van der Waals surface area contributed by atoms with Gasteiger partial charge in [-0.15, -0.1) is 0 Å². The van der Waals surface area contributed by atoms with Crippen molar-refractivity contribution in [2.24, 2.45) is 0 Å². The van der Waals surface area contributed by atoms with E-state index in [1.807, 2.05) is 42.6 Å². The van der Waals surface area contributed by atoms with Crippen LogP contribution < -0.4 is 5.32 Å². The molecule has 0 aliphatic rings. The third kappa shape index (κ3) is 3.98. The number of carbonyl (C=O) groups excluding carboxylic acids is 1. The number of hydrogen-bond donors (Lipinski definition) is 2. The van der Waals surface area contributed by atoms with Crippen molar-refractivity contribution < 1.29 is 4.79 Å². The first kappa shape index (κ1) is 16.6. The summed E-state index contributed by atoms with van der Waals surface area (Å²) < 4.78 is 0. The first-order chi connectivity index (χ1) is 11.6. The molecule has 1 amide bonds. The van der Waals surface area contributed by atoms with Gasteiger partial charge in [-0.2, -0.15) is 0 Å². The molecule has 3 nitrogen and oxygen atoms in total. The minimum Gasteiger partial charge on any atom is -0.361 e. The summed E-state index contributed by atoms with van der Waals surface area (Å²) in [4.78, 5) is 15.4. The predicted octanol–water partition coefficient (Wildman–Crippen LogP) is 4.67. The molecule has 0 saturated carbocycles. The molecule has 3 aromatic rings. The number of nitrogens with one attached hydrogen (secondary N) is 2. The molecule has 0 aliphatic heterocycles. The van der Waals surface area contributed by atoms with Crippen molar-refractivity contribution in [3.8, 4) is 0 Å². The number of aromatic amines is 1. The zero-order valence-corrected chi connectivity index (χ0v) is 14.4. The highest BCUT2D eigenvalue weighted by atomic mass is 35.5. The van der Waals surface area contributed by atoms with Crippen molar-refractivity contribution in [2.75, 3.05) is 6.54 Å². The van der Waals surface area contributed by atoms with Crippen LogP contribution in [0, 0.1) is 0 Å². The van der Waals surface area contributed by atoms with E-state index in [4.69, 9.17) is 11.6 Å². The molecular formula is C20H21ClN2O. The molecule has 1 atom stereocenters. The van der Waals surface area contributed by atoms with Gasteiger partial charge in [0.05, 0.1) is 0 Å². The maximum Gasteiger partial charge on any atom is 0.220 e. The third-order valence-electron chi connectivity index (χ3n) is 4.31. The van der Waals surface area contributed by atoms with E-state index in [9.17, 15) is 4.79 Å². The number of amides is 1. The Hall–Kier alpha value is -2.26. The van der Waals surface area contributed by atoms with Gasteiger partial charge in [0.25, 0.3) is 0 Å². The van der Waals surface area contributed by atoms with Crippen LogP contribution in [0.5, 0.6) is 0 Å². The normalized spacial score (nSPS) is 12.2. The van der Waals surface area contributed by atoms with Crippen LogP contribution in [0.15, 0.2) is 54.7 Å². The Bertz CT molecular complexity index is 826. The zero-order valence-electron chi connectivity index (χ0n) is 13.7. The van der Waals surface area contributed by atoms with Crippen LogP contribution in [0.3, 0.4) is 0 Å². The summed E-state index contributed by atoms with van der Waals surface area (Å²) >= 11 is 6.06. The van der Waals surface area contributed by atoms with Crippen molar-refractivity contribution in [2.45, 2.75) is 25.7 Å². The van der Waals surface area contributed by atoms with Gasteiger partial charge in [-0.05, 0) is 41.7 Å². The topological polar surface area (TPSA) is 44.9 Å². The maximum absolute atomic E-state index is 12.1. The number of aromatic nitrogens is 1. The lowest BCUT2D eigenvalue weighted by molar-refractivity contribution is -0.121. The lowest BCUT2D eigenvalue weighted by Gasteiger charge is -2.12. The molecule has 1 unspecified atom stereocenters. The van der Waals surface area contributed by atoms with Gasteiger partial charge in [-0.25, -0.2) is 0 Å². The molecule has 124 valence electrons. The van der Waals surface area contributed by atoms with Gasteiger partial charge in [0, 0.05) is 35.1 Å². The van der Waals surface area contributed by atoms with Crippen molar-refractivity contribution in [3.63, 3.8) is 0 Å². The van der Waals surface area contributed by atoms with Gasteiger partial charge in [0.15, 0.2) is 0 Å². The zero-order chi connectivity index (χ0) is 16.9. The van der Waals surface area contributed by atoms with Crippen LogP contribution in [0.1, 0.15) is 30.4 Å². The van der Waals surface area contributed by atoms with Crippen molar-refractivity contribution in [1.29, 1.82) is 0 Å². The summed E-state index contributed by atoms with van der Waals surface area (Å²) in [5, 5.41) is 4.86. The first-order valence-corrected chi connectivity index (χ1v) is 8.58. The van der Waals surface area contributed by atoms with E-state index in [1.165, 1.54) is 11.1 Å². The van der Waals surface area contributed by atoms with Gasteiger partial charge in [-0.3, -0.25) is 4.79 Å². The van der Waals surface area contributed by atoms with Crippen LogP contribution in [-0.4, -0.2) is 17.4 Å². The van der Waals surface area contributed by atoms with Crippen LogP contribution in [0.4, 0.5) is 0 Å². The molecule has 0 aliphatic carbocycles. The molecule has 0 fully saturated rings. The summed E-state index contributed by atoms with van der Waals surface area (Å²) in [5.74, 6) is 0.308. The Morgan fingerprint density at radius 2 is 2.00 bits per heavy atom. The molecule has 2 aromatic carbocycles. The molecule has 0 bridgehead atoms. The van der Waals surface area contributed by atoms with E-state index >= 15 is 0 Å². The minimum absolute atomic E-state index is 0.0872. The van der Waals surface area contributed by atoms with Gasteiger partial charge in [0.2, 0.25) is 5.91 Å². The highest BCUT2D eigenvalue weighted by Gasteiger charge is 2.11. The van der Waals surface area contributed by atoms with Crippen LogP contribution in [0.25, 0.3) is 10.9 Å². The quantitative estimate of drug-likeness (QED) is 0.672. The number of fused-ring (bicyclic) bond motifs is 1. The Kier molecular flexibility index (Phi) is 5.21. The summed E-state index contributed by atoms with van der Waals surface area (Å²) in [6, 6.07) is 15.9. The second-order valence-electron chi connectivity index (χ2n) is 6.12. The molecular weight excluding hydrogens is 320 g/mol. The number of halogens is 1. The van der Waals surface area contributed by atoms with E-state index in [-0.39, 0.29) is 11.8 Å². The molecule has 0 spiro atoms. The number of carbonyl (C=O) groups is 1. The number of benzene rings is 2. The number of H-pyrrole nitrogens is 1. The first-order valence-electron chi connectivity index (χ1n) is 8.20. The summed E-state index contributed by atoms with van der Waals surface area (Å²) in [7, 11) is 0. The highest BCUT2D eigenvalue weighted by molar-refractivity contribution is 6.31. The third-order valence-corrected chi connectivity index (χ3v) is 4.54. The molecule has 1 heterocycles. The monoisotopic (exact) mass is 340 g/mol. The molecule has 1 aromatic heterocycles. The van der Waals surface area contributed by atoms with Gasteiger partial charge in [0.1, 0.15) is 0 Å². The predicted molar refractivity (Wildman–Crippen MR) is 99.5 cm³/mol. The molecule has 24 heavy (non-hydrogen) atoms. The number of rotatable bonds is 6. The van der Waals surface area contributed by atoms with Crippen molar-refractivity contribution in [1.82, 2.24) is 10.3 Å². The molecule has 4 heteroatoms. The summed E-state index contributed by atoms with van der Waals surface area (Å²) in [6.07, 6.45) is 3.27. The van der Waals surface area contributed by atoms with Crippen molar-refractivity contribution in [3.05, 3.63) is 70.9 Å². The van der Waals surface area contributed by atoms with Crippen LogP contribution >= 0.6 is 11.6 Å². The second kappa shape index (κ2) is 7.54. The largest absolute Gasteiger partial charge is 0.361 e. The standard InChI is InChI=1S/C20H21ClN2O/c1-14(15-5-3-2-4-6-15)11-20(24)22-10-9-16-13-23-19-8-7-17(21)12-18(16)19/h2-8,12-14,23H,9-11H2,1H3,(H,22,24). The molecule has 2 N–H and O–H groups in total. The van der Waals surface area contributed by atoms with Gasteiger partial charge in [-0.1, -0.05) is 48.9 Å². The fourth-order valence-corrected chi connectivity index (χ4v) is 3.12. The van der Waals surface area contributed by atoms with E-state index in [0.717, 1.165) is 22.3 Å². The van der Waals surface area contributed by atoms with E-state index in [2.05, 4.69) is 29.4 Å². The average Bonchev–Trinajstić information content (AvgIpc) is 2.98. The Balaban J connectivity index is 1.52. The highest BCUT2D eigenvalue weighted by Crippen LogP contribution is 2.22. The lowest BCUT2D eigenvalue weighted by atomic mass is 9.97. The average molecular weight is 341 g/mol. The Morgan fingerprint density at radius 1 is 1.21 bits per heavy atom. The molecule has 0 radical (unpaired) electrons. The molecule has 3 rings (SSSR count). The lowest BCUT2D eigenvalue weighted by Crippen LogP contribution is -2.26. The van der Waals surface area contributed by atoms with Gasteiger partial charge < -0.3 is 10.3 Å². The Morgan fingerprint density at radius 3 is 2.79 bits per heavy atom. The van der Waals surface area contributed by atoms with Crippen LogP contribution in [0.2, 0.25) is 5.02 Å². The van der Waals surface area contributed by atoms with Gasteiger partial charge >= 0.3 is 0 Å². The van der Waals surface area contributed by atoms with E-state index in [0.29, 0.717) is 13.0 Å². The SMILES string of the molecule is CC(CC(=O)NCCc1c[nH]c2ccc(Cl)cc12)c1ccccc1. The molecule has 0 saturated heterocycles. The van der Waals surface area contributed by atoms with E-state index < -0.39 is 0 Å². The van der Waals surface area contributed by atoms with Crippen molar-refractivity contribution >= 4 is 28.4 Å². The van der Waals surface area contributed by atoms with Crippen LogP contribution in [-0.2, 0) is 11.2 Å². The summed E-state index contributed by atoms with van der Waals surface area (Å²) in [6.45, 7) is 2.70. The number of hydrogen-bond acceptors (Lipinski definition) is 1. The minimum atomic E-state index is 0.0872. The second-order valence-corrected chi connectivity index (χ2v) is 6.56. The fourth-order valence-electron chi connectivity index (χ4n) is 2.94. The van der Waals surface area contributed by atoms with E-state index in [1.54, 1.807) is 0 Å².